The standard InChI is InChI=1S/C23H28N6O2S/c1-6-17-18(13-24)22(29(4)5)27-23(19(17)14-25)32-20(21(26)30)15-8-7-9-16(12-15)31-11-10-28(2)3/h7-9,12,20H,6,10-11H2,1-5H3,(H2,26,30). The maximum absolute atomic E-state index is 12.4. The third kappa shape index (κ3) is 5.91. The summed E-state index contributed by atoms with van der Waals surface area (Å²) < 4.78 is 5.79. The van der Waals surface area contributed by atoms with Crippen LogP contribution in [0, 0.1) is 22.7 Å². The lowest BCUT2D eigenvalue weighted by Gasteiger charge is -2.20. The number of nitrogens with two attached hydrogens (primary N) is 1. The molecule has 2 N–H and O–H groups in total. The largest absolute Gasteiger partial charge is 0.492 e. The number of primary amides is 1. The van der Waals surface area contributed by atoms with E-state index < -0.39 is 11.2 Å². The lowest BCUT2D eigenvalue weighted by Crippen LogP contribution is -2.21. The van der Waals surface area contributed by atoms with Crippen LogP contribution in [0.1, 0.15) is 34.4 Å². The Balaban J connectivity index is 2.49. The zero-order valence-corrected chi connectivity index (χ0v) is 19.9. The van der Waals surface area contributed by atoms with Gasteiger partial charge in [-0.1, -0.05) is 30.8 Å². The monoisotopic (exact) mass is 452 g/mol. The number of thioether (sulfide) groups is 1. The van der Waals surface area contributed by atoms with Gasteiger partial charge >= 0.3 is 0 Å². The molecule has 0 aliphatic heterocycles. The quantitative estimate of drug-likeness (QED) is 0.547. The molecule has 1 unspecified atom stereocenters. The molecular formula is C23H28N6O2S. The van der Waals surface area contributed by atoms with Gasteiger partial charge in [0, 0.05) is 20.6 Å². The minimum absolute atomic E-state index is 0.296. The summed E-state index contributed by atoms with van der Waals surface area (Å²) in [5, 5.41) is 19.1. The molecule has 1 atom stereocenters. The normalized spacial score (nSPS) is 11.5. The summed E-state index contributed by atoms with van der Waals surface area (Å²) >= 11 is 1.11. The first-order valence-electron chi connectivity index (χ1n) is 10.1. The van der Waals surface area contributed by atoms with Crippen molar-refractivity contribution in [3.63, 3.8) is 0 Å². The van der Waals surface area contributed by atoms with Gasteiger partial charge in [-0.2, -0.15) is 10.5 Å². The molecule has 2 rings (SSSR count). The topological polar surface area (TPSA) is 119 Å². The van der Waals surface area contributed by atoms with Crippen LogP contribution >= 0.6 is 11.8 Å². The number of carbonyl (C=O) groups excluding carboxylic acids is 1. The number of likely N-dealkylation sites (N-methyl/N-ethyl adjacent to an activating group) is 1. The lowest BCUT2D eigenvalue weighted by molar-refractivity contribution is -0.117. The number of hydrogen-bond acceptors (Lipinski definition) is 8. The number of benzene rings is 1. The highest BCUT2D eigenvalue weighted by Crippen LogP contribution is 2.40. The number of rotatable bonds is 10. The Hall–Kier alpha value is -3.27. The molecule has 1 aromatic heterocycles. The summed E-state index contributed by atoms with van der Waals surface area (Å²) in [5.74, 6) is 0.530. The van der Waals surface area contributed by atoms with Gasteiger partial charge < -0.3 is 20.3 Å². The number of aromatic nitrogens is 1. The molecule has 32 heavy (non-hydrogen) atoms. The highest BCUT2D eigenvalue weighted by Gasteiger charge is 2.26. The molecule has 1 amide bonds. The van der Waals surface area contributed by atoms with E-state index in [-0.39, 0.29) is 0 Å². The molecule has 9 heteroatoms. The number of nitrogens with zero attached hydrogens (tertiary/aromatic N) is 5. The maximum Gasteiger partial charge on any atom is 0.235 e. The average Bonchev–Trinajstić information content (AvgIpc) is 2.75. The van der Waals surface area contributed by atoms with E-state index >= 15 is 0 Å². The second-order valence-corrected chi connectivity index (χ2v) is 8.66. The lowest BCUT2D eigenvalue weighted by atomic mass is 10.0. The molecule has 8 nitrogen and oxygen atoms in total. The van der Waals surface area contributed by atoms with Crippen molar-refractivity contribution in [2.75, 3.05) is 46.2 Å². The van der Waals surface area contributed by atoms with Crippen LogP contribution in [0.25, 0.3) is 0 Å². The molecule has 1 heterocycles. The summed E-state index contributed by atoms with van der Waals surface area (Å²) in [6.45, 7) is 3.14. The molecule has 0 radical (unpaired) electrons. The van der Waals surface area contributed by atoms with Crippen LogP contribution in [0.15, 0.2) is 29.3 Å². The third-order valence-electron chi connectivity index (χ3n) is 4.71. The van der Waals surface area contributed by atoms with Crippen molar-refractivity contribution in [3.8, 4) is 17.9 Å². The van der Waals surface area contributed by atoms with Crippen molar-refractivity contribution in [3.05, 3.63) is 46.5 Å². The predicted octanol–water partition coefficient (Wildman–Crippen LogP) is 2.71. The molecule has 2 aromatic rings. The van der Waals surface area contributed by atoms with Crippen LogP contribution in [-0.4, -0.2) is 57.1 Å². The molecule has 0 fully saturated rings. The number of amides is 1. The average molecular weight is 453 g/mol. The minimum Gasteiger partial charge on any atom is -0.492 e. The molecule has 168 valence electrons. The number of pyridine rings is 1. The van der Waals surface area contributed by atoms with E-state index in [9.17, 15) is 15.3 Å². The summed E-state index contributed by atoms with van der Waals surface area (Å²) in [6, 6.07) is 11.5. The fourth-order valence-electron chi connectivity index (χ4n) is 3.11. The van der Waals surface area contributed by atoms with Gasteiger partial charge in [0.1, 0.15) is 40.6 Å². The Morgan fingerprint density at radius 1 is 1.22 bits per heavy atom. The SMILES string of the molecule is CCc1c(C#N)c(SC(C(N)=O)c2cccc(OCCN(C)C)c2)nc(N(C)C)c1C#N. The number of nitriles is 2. The Kier molecular flexibility index (Phi) is 8.89. The van der Waals surface area contributed by atoms with E-state index in [1.165, 1.54) is 0 Å². The zero-order chi connectivity index (χ0) is 23.8. The first-order valence-corrected chi connectivity index (χ1v) is 11.0. The molecule has 0 aliphatic rings. The summed E-state index contributed by atoms with van der Waals surface area (Å²) in [5.41, 5.74) is 7.67. The number of anilines is 1. The van der Waals surface area contributed by atoms with Crippen LogP contribution in [0.2, 0.25) is 0 Å². The van der Waals surface area contributed by atoms with Crippen molar-refractivity contribution in [2.45, 2.75) is 23.6 Å². The molecule has 0 saturated heterocycles. The van der Waals surface area contributed by atoms with E-state index in [1.54, 1.807) is 37.2 Å². The van der Waals surface area contributed by atoms with Crippen LogP contribution in [0.5, 0.6) is 5.75 Å². The zero-order valence-electron chi connectivity index (χ0n) is 19.0. The highest BCUT2D eigenvalue weighted by molar-refractivity contribution is 8.00. The maximum atomic E-state index is 12.4. The van der Waals surface area contributed by atoms with Gasteiger partial charge in [-0.25, -0.2) is 4.98 Å². The first-order chi connectivity index (χ1) is 15.2. The second kappa shape index (κ2) is 11.4. The van der Waals surface area contributed by atoms with Crippen molar-refractivity contribution >= 4 is 23.5 Å². The molecule has 0 saturated carbocycles. The van der Waals surface area contributed by atoms with Gasteiger partial charge in [0.2, 0.25) is 5.91 Å². The van der Waals surface area contributed by atoms with E-state index in [2.05, 4.69) is 17.1 Å². The Bertz CT molecular complexity index is 1060. The van der Waals surface area contributed by atoms with Gasteiger partial charge in [0.15, 0.2) is 0 Å². The van der Waals surface area contributed by atoms with Crippen molar-refractivity contribution in [1.29, 1.82) is 10.5 Å². The fraction of sp³-hybridized carbons (Fsp3) is 0.391. The Morgan fingerprint density at radius 3 is 2.44 bits per heavy atom. The van der Waals surface area contributed by atoms with Crippen LogP contribution < -0.4 is 15.4 Å². The summed E-state index contributed by atoms with van der Waals surface area (Å²) in [6.07, 6.45) is 0.485. The summed E-state index contributed by atoms with van der Waals surface area (Å²) in [7, 11) is 7.49. The minimum atomic E-state index is -0.778. The van der Waals surface area contributed by atoms with Crippen molar-refractivity contribution in [2.24, 2.45) is 5.73 Å². The first kappa shape index (κ1) is 25.0. The highest BCUT2D eigenvalue weighted by atomic mass is 32.2. The van der Waals surface area contributed by atoms with Crippen molar-refractivity contribution < 1.29 is 9.53 Å². The van der Waals surface area contributed by atoms with Crippen LogP contribution in [0.4, 0.5) is 5.82 Å². The molecule has 1 aromatic carbocycles. The fourth-order valence-corrected chi connectivity index (χ4v) is 4.16. The van der Waals surface area contributed by atoms with Gasteiger partial charge in [-0.05, 0) is 43.8 Å². The van der Waals surface area contributed by atoms with E-state index in [0.717, 1.165) is 18.3 Å². The Morgan fingerprint density at radius 2 is 1.91 bits per heavy atom. The molecular weight excluding hydrogens is 424 g/mol. The third-order valence-corrected chi connectivity index (χ3v) is 5.96. The van der Waals surface area contributed by atoms with E-state index in [4.69, 9.17) is 10.5 Å². The number of hydrogen-bond donors (Lipinski definition) is 1. The molecule has 0 bridgehead atoms. The predicted molar refractivity (Wildman–Crippen MR) is 126 cm³/mol. The van der Waals surface area contributed by atoms with Crippen LogP contribution in [0.3, 0.4) is 0 Å². The van der Waals surface area contributed by atoms with Crippen molar-refractivity contribution in [1.82, 2.24) is 9.88 Å². The van der Waals surface area contributed by atoms with Gasteiger partial charge in [0.25, 0.3) is 0 Å². The molecule has 0 aliphatic carbocycles. The Labute approximate surface area is 193 Å². The van der Waals surface area contributed by atoms with Gasteiger partial charge in [-0.15, -0.1) is 0 Å². The van der Waals surface area contributed by atoms with Crippen LogP contribution in [-0.2, 0) is 11.2 Å². The van der Waals surface area contributed by atoms with Gasteiger partial charge in [0.05, 0.1) is 11.1 Å². The number of carbonyl (C=O) groups is 1. The molecule has 0 spiro atoms. The summed E-state index contributed by atoms with van der Waals surface area (Å²) in [4.78, 5) is 20.7. The number of ether oxygens (including phenoxy) is 1. The van der Waals surface area contributed by atoms with E-state index in [1.807, 2.05) is 32.0 Å². The second-order valence-electron chi connectivity index (χ2n) is 7.57. The van der Waals surface area contributed by atoms with Gasteiger partial charge in [-0.3, -0.25) is 4.79 Å². The smallest absolute Gasteiger partial charge is 0.235 e. The van der Waals surface area contributed by atoms with E-state index in [0.29, 0.717) is 51.9 Å².